The fraction of sp³-hybridized carbons (Fsp3) is 0.333. The van der Waals surface area contributed by atoms with E-state index in [4.69, 9.17) is 8.83 Å². The number of furan rings is 2. The Hall–Kier alpha value is -1.48. The van der Waals surface area contributed by atoms with Crippen LogP contribution in [0.3, 0.4) is 0 Å². The molecule has 0 radical (unpaired) electrons. The summed E-state index contributed by atoms with van der Waals surface area (Å²) in [6.07, 6.45) is 3.44. The molecule has 2 aromatic heterocycles. The molecule has 1 atom stereocenters. The minimum Gasteiger partial charge on any atom is -0.472 e. The lowest BCUT2D eigenvalue weighted by molar-refractivity contribution is 0.496. The van der Waals surface area contributed by atoms with Gasteiger partial charge in [0.2, 0.25) is 0 Å². The minimum absolute atomic E-state index is 0.140. The monoisotopic (exact) mass is 205 g/mol. The van der Waals surface area contributed by atoms with E-state index < -0.39 is 0 Å². The van der Waals surface area contributed by atoms with E-state index in [1.165, 1.54) is 0 Å². The molecule has 0 spiro atoms. The maximum Gasteiger partial charge on any atom is 0.106 e. The Bertz CT molecular complexity index is 428. The van der Waals surface area contributed by atoms with Gasteiger partial charge in [-0.1, -0.05) is 0 Å². The van der Waals surface area contributed by atoms with E-state index in [0.29, 0.717) is 0 Å². The van der Waals surface area contributed by atoms with Gasteiger partial charge in [0.25, 0.3) is 0 Å². The molecule has 0 saturated heterocycles. The third-order valence-corrected chi connectivity index (χ3v) is 2.56. The van der Waals surface area contributed by atoms with Crippen molar-refractivity contribution in [1.82, 2.24) is 5.32 Å². The van der Waals surface area contributed by atoms with E-state index in [1.54, 1.807) is 12.5 Å². The smallest absolute Gasteiger partial charge is 0.106 e. The Morgan fingerprint density at radius 1 is 1.33 bits per heavy atom. The van der Waals surface area contributed by atoms with Gasteiger partial charge in [-0.25, -0.2) is 0 Å². The van der Waals surface area contributed by atoms with Gasteiger partial charge in [-0.2, -0.15) is 0 Å². The quantitative estimate of drug-likeness (QED) is 0.837. The highest BCUT2D eigenvalue weighted by Gasteiger charge is 2.18. The molecule has 0 bridgehead atoms. The van der Waals surface area contributed by atoms with E-state index in [1.807, 2.05) is 27.0 Å². The summed E-state index contributed by atoms with van der Waals surface area (Å²) in [5.74, 6) is 1.89. The summed E-state index contributed by atoms with van der Waals surface area (Å²) in [7, 11) is 1.93. The molecular formula is C12H15NO2. The van der Waals surface area contributed by atoms with Crippen molar-refractivity contribution in [3.8, 4) is 0 Å². The molecule has 0 aromatic carbocycles. The lowest BCUT2D eigenvalue weighted by Gasteiger charge is -2.13. The van der Waals surface area contributed by atoms with Gasteiger partial charge in [-0.15, -0.1) is 0 Å². The van der Waals surface area contributed by atoms with E-state index in [-0.39, 0.29) is 6.04 Å². The van der Waals surface area contributed by atoms with Crippen molar-refractivity contribution in [2.45, 2.75) is 19.9 Å². The molecule has 0 aliphatic heterocycles. The molecular weight excluding hydrogens is 190 g/mol. The van der Waals surface area contributed by atoms with Crippen molar-refractivity contribution >= 4 is 0 Å². The minimum atomic E-state index is 0.140. The third kappa shape index (κ3) is 1.83. The molecule has 3 heteroatoms. The first-order valence-corrected chi connectivity index (χ1v) is 4.98. The molecule has 3 nitrogen and oxygen atoms in total. The van der Waals surface area contributed by atoms with Crippen molar-refractivity contribution in [3.05, 3.63) is 47.3 Å². The van der Waals surface area contributed by atoms with E-state index >= 15 is 0 Å². The Balaban J connectivity index is 2.39. The zero-order valence-corrected chi connectivity index (χ0v) is 9.20. The van der Waals surface area contributed by atoms with Gasteiger partial charge in [-0.05, 0) is 33.0 Å². The van der Waals surface area contributed by atoms with Crippen molar-refractivity contribution in [2.75, 3.05) is 7.05 Å². The van der Waals surface area contributed by atoms with Crippen LogP contribution in [0, 0.1) is 13.8 Å². The summed E-state index contributed by atoms with van der Waals surface area (Å²) in [4.78, 5) is 0. The first-order chi connectivity index (χ1) is 7.22. The molecule has 0 aliphatic rings. The predicted octanol–water partition coefficient (Wildman–Crippen LogP) is 2.80. The van der Waals surface area contributed by atoms with Crippen LogP contribution in [-0.4, -0.2) is 7.05 Å². The van der Waals surface area contributed by atoms with Crippen LogP contribution in [0.5, 0.6) is 0 Å². The summed E-state index contributed by atoms with van der Waals surface area (Å²) < 4.78 is 10.6. The van der Waals surface area contributed by atoms with Crippen LogP contribution in [0.4, 0.5) is 0 Å². The molecule has 0 fully saturated rings. The van der Waals surface area contributed by atoms with Crippen LogP contribution in [0.2, 0.25) is 0 Å². The van der Waals surface area contributed by atoms with Crippen LogP contribution in [-0.2, 0) is 0 Å². The van der Waals surface area contributed by atoms with Gasteiger partial charge in [0.1, 0.15) is 11.5 Å². The zero-order chi connectivity index (χ0) is 10.8. The van der Waals surface area contributed by atoms with E-state index in [9.17, 15) is 0 Å². The highest BCUT2D eigenvalue weighted by molar-refractivity contribution is 5.32. The van der Waals surface area contributed by atoms with Gasteiger partial charge in [0.05, 0.1) is 18.6 Å². The summed E-state index contributed by atoms with van der Waals surface area (Å²) in [5.41, 5.74) is 2.28. The van der Waals surface area contributed by atoms with E-state index in [0.717, 1.165) is 22.6 Å². The SMILES string of the molecule is CNC(c1ccoc1)c1cc(C)oc1C. The third-order valence-electron chi connectivity index (χ3n) is 2.56. The largest absolute Gasteiger partial charge is 0.472 e. The summed E-state index contributed by atoms with van der Waals surface area (Å²) in [5, 5.41) is 3.25. The average molecular weight is 205 g/mol. The first kappa shape index (κ1) is 10.1. The topological polar surface area (TPSA) is 38.3 Å². The second kappa shape index (κ2) is 3.95. The zero-order valence-electron chi connectivity index (χ0n) is 9.20. The number of hydrogen-bond donors (Lipinski definition) is 1. The molecule has 0 amide bonds. The molecule has 15 heavy (non-hydrogen) atoms. The van der Waals surface area contributed by atoms with Crippen molar-refractivity contribution < 1.29 is 8.83 Å². The summed E-state index contributed by atoms with van der Waals surface area (Å²) in [6.45, 7) is 3.94. The Morgan fingerprint density at radius 2 is 2.13 bits per heavy atom. The number of rotatable bonds is 3. The Kier molecular flexibility index (Phi) is 2.64. The van der Waals surface area contributed by atoms with Crippen LogP contribution >= 0.6 is 0 Å². The number of nitrogens with one attached hydrogen (secondary N) is 1. The second-order valence-corrected chi connectivity index (χ2v) is 3.65. The second-order valence-electron chi connectivity index (χ2n) is 3.65. The lowest BCUT2D eigenvalue weighted by atomic mass is 10.0. The molecule has 2 rings (SSSR count). The Labute approximate surface area is 89.1 Å². The van der Waals surface area contributed by atoms with E-state index in [2.05, 4.69) is 11.4 Å². The maximum absolute atomic E-state index is 5.52. The van der Waals surface area contributed by atoms with Gasteiger partial charge in [0.15, 0.2) is 0 Å². The van der Waals surface area contributed by atoms with Crippen molar-refractivity contribution in [3.63, 3.8) is 0 Å². The fourth-order valence-corrected chi connectivity index (χ4v) is 1.88. The van der Waals surface area contributed by atoms with Gasteiger partial charge in [0, 0.05) is 11.1 Å². The predicted molar refractivity (Wildman–Crippen MR) is 57.8 cm³/mol. The fourth-order valence-electron chi connectivity index (χ4n) is 1.88. The summed E-state index contributed by atoms with van der Waals surface area (Å²) >= 11 is 0. The average Bonchev–Trinajstić information content (AvgIpc) is 2.79. The van der Waals surface area contributed by atoms with Crippen molar-refractivity contribution in [1.29, 1.82) is 0 Å². The van der Waals surface area contributed by atoms with Crippen molar-refractivity contribution in [2.24, 2.45) is 0 Å². The summed E-state index contributed by atoms with van der Waals surface area (Å²) in [6, 6.07) is 4.16. The highest BCUT2D eigenvalue weighted by Crippen LogP contribution is 2.27. The molecule has 2 aromatic rings. The molecule has 0 saturated carbocycles. The molecule has 1 unspecified atom stereocenters. The molecule has 80 valence electrons. The van der Waals surface area contributed by atoms with Crippen LogP contribution < -0.4 is 5.32 Å². The number of hydrogen-bond acceptors (Lipinski definition) is 3. The molecule has 0 aliphatic carbocycles. The van der Waals surface area contributed by atoms with Crippen LogP contribution in [0.1, 0.15) is 28.7 Å². The number of aryl methyl sites for hydroxylation is 2. The Morgan fingerprint density at radius 3 is 2.60 bits per heavy atom. The first-order valence-electron chi connectivity index (χ1n) is 4.98. The van der Waals surface area contributed by atoms with Gasteiger partial charge >= 0.3 is 0 Å². The highest BCUT2D eigenvalue weighted by atomic mass is 16.3. The maximum atomic E-state index is 5.52. The lowest BCUT2D eigenvalue weighted by Crippen LogP contribution is -2.17. The van der Waals surface area contributed by atoms with Gasteiger partial charge in [-0.3, -0.25) is 0 Å². The van der Waals surface area contributed by atoms with Gasteiger partial charge < -0.3 is 14.2 Å². The standard InChI is InChI=1S/C12H15NO2/c1-8-6-11(9(2)15-8)12(13-3)10-4-5-14-7-10/h4-7,12-13H,1-3H3. The van der Waals surface area contributed by atoms with Crippen LogP contribution in [0.15, 0.2) is 33.5 Å². The normalized spacial score (nSPS) is 13.0. The molecule has 1 N–H and O–H groups in total. The molecule has 2 heterocycles. The van der Waals surface area contributed by atoms with Crippen LogP contribution in [0.25, 0.3) is 0 Å².